The molecule has 6 heteroatoms. The van der Waals surface area contributed by atoms with E-state index in [2.05, 4.69) is 22.0 Å². The second-order valence-corrected chi connectivity index (χ2v) is 3.93. The Balaban J connectivity index is 2.29. The molecule has 0 bridgehead atoms. The Morgan fingerprint density at radius 2 is 2.33 bits per heavy atom. The summed E-state index contributed by atoms with van der Waals surface area (Å²) in [6.07, 6.45) is 5.05. The molecule has 2 rings (SSSR count). The van der Waals surface area contributed by atoms with E-state index < -0.39 is 0 Å². The van der Waals surface area contributed by atoms with E-state index in [-0.39, 0.29) is 6.04 Å². The summed E-state index contributed by atoms with van der Waals surface area (Å²) in [6.45, 7) is 2.06. The van der Waals surface area contributed by atoms with Crippen molar-refractivity contribution in [1.82, 2.24) is 15.1 Å². The zero-order chi connectivity index (χ0) is 13.0. The third-order valence-electron chi connectivity index (χ3n) is 2.61. The van der Waals surface area contributed by atoms with E-state index in [1.807, 2.05) is 0 Å². The molecule has 6 nitrogen and oxygen atoms in total. The maximum absolute atomic E-state index is 5.94. The van der Waals surface area contributed by atoms with Gasteiger partial charge in [-0.1, -0.05) is 18.5 Å². The molecule has 0 fully saturated rings. The first kappa shape index (κ1) is 12.5. The molecule has 0 spiro atoms. The van der Waals surface area contributed by atoms with Gasteiger partial charge >= 0.3 is 0 Å². The summed E-state index contributed by atoms with van der Waals surface area (Å²) in [6, 6.07) is 1.57. The van der Waals surface area contributed by atoms with Crippen molar-refractivity contribution in [3.63, 3.8) is 0 Å². The summed E-state index contributed by atoms with van der Waals surface area (Å²) < 4.78 is 10.4. The number of hydrogen-bond donors (Lipinski definition) is 1. The van der Waals surface area contributed by atoms with Gasteiger partial charge in [-0.2, -0.15) is 4.98 Å². The normalized spacial score (nSPS) is 12.4. The van der Waals surface area contributed by atoms with Gasteiger partial charge in [-0.25, -0.2) is 0 Å². The van der Waals surface area contributed by atoms with Crippen LogP contribution in [-0.2, 0) is 0 Å². The molecule has 0 saturated heterocycles. The van der Waals surface area contributed by atoms with Crippen LogP contribution in [0.3, 0.4) is 0 Å². The van der Waals surface area contributed by atoms with Gasteiger partial charge in [-0.05, 0) is 12.5 Å². The lowest BCUT2D eigenvalue weighted by Crippen LogP contribution is -2.11. The van der Waals surface area contributed by atoms with Gasteiger partial charge in [0.25, 0.3) is 5.89 Å². The minimum Gasteiger partial charge on any atom is -0.494 e. The molecule has 0 saturated carbocycles. The molecule has 2 heterocycles. The van der Waals surface area contributed by atoms with Crippen LogP contribution < -0.4 is 10.5 Å². The first-order valence-corrected chi connectivity index (χ1v) is 5.83. The van der Waals surface area contributed by atoms with Gasteiger partial charge in [0.15, 0.2) is 5.82 Å². The average molecular weight is 248 g/mol. The molecule has 1 atom stereocenters. The van der Waals surface area contributed by atoms with Crippen molar-refractivity contribution in [3.05, 3.63) is 24.3 Å². The summed E-state index contributed by atoms with van der Waals surface area (Å²) in [5.74, 6) is 1.51. The largest absolute Gasteiger partial charge is 0.494 e. The maximum Gasteiger partial charge on any atom is 0.261 e. The Morgan fingerprint density at radius 3 is 3.06 bits per heavy atom. The Bertz CT molecular complexity index is 512. The molecule has 2 aromatic heterocycles. The fourth-order valence-electron chi connectivity index (χ4n) is 1.65. The molecular formula is C12H16N4O2. The van der Waals surface area contributed by atoms with Crippen LogP contribution in [0.25, 0.3) is 11.5 Å². The van der Waals surface area contributed by atoms with E-state index in [1.54, 1.807) is 25.6 Å². The highest BCUT2D eigenvalue weighted by atomic mass is 16.5. The van der Waals surface area contributed by atoms with Crippen molar-refractivity contribution >= 4 is 0 Å². The molecule has 0 aliphatic rings. The van der Waals surface area contributed by atoms with Crippen molar-refractivity contribution in [2.75, 3.05) is 7.11 Å². The second kappa shape index (κ2) is 5.59. The van der Waals surface area contributed by atoms with Crippen LogP contribution in [0, 0.1) is 0 Å². The molecule has 96 valence electrons. The van der Waals surface area contributed by atoms with Gasteiger partial charge in [-0.15, -0.1) is 0 Å². The minimum absolute atomic E-state index is 0.194. The van der Waals surface area contributed by atoms with Crippen LogP contribution in [0.15, 0.2) is 23.0 Å². The molecule has 1 unspecified atom stereocenters. The monoisotopic (exact) mass is 248 g/mol. The van der Waals surface area contributed by atoms with Crippen molar-refractivity contribution in [1.29, 1.82) is 0 Å². The lowest BCUT2D eigenvalue weighted by atomic mass is 10.2. The molecule has 0 radical (unpaired) electrons. The van der Waals surface area contributed by atoms with E-state index in [1.165, 1.54) is 0 Å². The van der Waals surface area contributed by atoms with E-state index in [9.17, 15) is 0 Å². The summed E-state index contributed by atoms with van der Waals surface area (Å²) in [7, 11) is 1.57. The molecule has 2 N–H and O–H groups in total. The van der Waals surface area contributed by atoms with Gasteiger partial charge in [0.1, 0.15) is 5.75 Å². The number of aromatic nitrogens is 3. The second-order valence-electron chi connectivity index (χ2n) is 3.93. The Morgan fingerprint density at radius 1 is 1.50 bits per heavy atom. The Kier molecular flexibility index (Phi) is 3.88. The van der Waals surface area contributed by atoms with Crippen molar-refractivity contribution in [3.8, 4) is 17.2 Å². The van der Waals surface area contributed by atoms with Gasteiger partial charge in [-0.3, -0.25) is 4.98 Å². The molecular weight excluding hydrogens is 232 g/mol. The summed E-state index contributed by atoms with van der Waals surface area (Å²) in [5, 5.41) is 3.90. The zero-order valence-electron chi connectivity index (χ0n) is 10.5. The number of rotatable bonds is 5. The fraction of sp³-hybridized carbons (Fsp3) is 0.417. The topological polar surface area (TPSA) is 87.1 Å². The number of methoxy groups -OCH3 is 1. The van der Waals surface area contributed by atoms with Crippen molar-refractivity contribution in [2.45, 2.75) is 25.8 Å². The summed E-state index contributed by atoms with van der Waals surface area (Å²) >= 11 is 0. The highest BCUT2D eigenvalue weighted by molar-refractivity contribution is 5.61. The molecule has 0 amide bonds. The highest BCUT2D eigenvalue weighted by Crippen LogP contribution is 2.28. The van der Waals surface area contributed by atoms with Crippen LogP contribution >= 0.6 is 0 Å². The van der Waals surface area contributed by atoms with E-state index >= 15 is 0 Å². The fourth-order valence-corrected chi connectivity index (χ4v) is 1.65. The Hall–Kier alpha value is -1.95. The van der Waals surface area contributed by atoms with Gasteiger partial charge < -0.3 is 15.0 Å². The predicted molar refractivity (Wildman–Crippen MR) is 65.9 cm³/mol. The highest BCUT2D eigenvalue weighted by Gasteiger charge is 2.17. The van der Waals surface area contributed by atoms with Crippen LogP contribution in [-0.4, -0.2) is 22.2 Å². The number of hydrogen-bond acceptors (Lipinski definition) is 6. The average Bonchev–Trinajstić information content (AvgIpc) is 2.88. The smallest absolute Gasteiger partial charge is 0.261 e. The molecule has 0 aliphatic heterocycles. The van der Waals surface area contributed by atoms with Gasteiger partial charge in [0.2, 0.25) is 0 Å². The lowest BCUT2D eigenvalue weighted by Gasteiger charge is -2.03. The summed E-state index contributed by atoms with van der Waals surface area (Å²) in [4.78, 5) is 8.27. The SMILES string of the molecule is CCCC(N)c1noc(-c2ccncc2OC)n1. The van der Waals surface area contributed by atoms with E-state index in [0.717, 1.165) is 18.4 Å². The molecule has 0 aromatic carbocycles. The first-order valence-electron chi connectivity index (χ1n) is 5.83. The molecule has 0 aliphatic carbocycles. The maximum atomic E-state index is 5.94. The molecule has 2 aromatic rings. The predicted octanol–water partition coefficient (Wildman–Crippen LogP) is 1.94. The third kappa shape index (κ3) is 2.48. The lowest BCUT2D eigenvalue weighted by molar-refractivity contribution is 0.398. The summed E-state index contributed by atoms with van der Waals surface area (Å²) in [5.41, 5.74) is 6.66. The van der Waals surface area contributed by atoms with Crippen LogP contribution in [0.2, 0.25) is 0 Å². The van der Waals surface area contributed by atoms with Crippen molar-refractivity contribution < 1.29 is 9.26 Å². The first-order chi connectivity index (χ1) is 8.76. The standard InChI is InChI=1S/C12H16N4O2/c1-3-4-9(13)11-15-12(18-16-11)8-5-6-14-7-10(8)17-2/h5-7,9H,3-4,13H2,1-2H3. The quantitative estimate of drug-likeness (QED) is 0.870. The third-order valence-corrected chi connectivity index (χ3v) is 2.61. The Labute approximate surface area is 105 Å². The number of nitrogens with zero attached hydrogens (tertiary/aromatic N) is 3. The molecule has 18 heavy (non-hydrogen) atoms. The number of nitrogens with two attached hydrogens (primary N) is 1. The van der Waals surface area contributed by atoms with Crippen LogP contribution in [0.1, 0.15) is 31.6 Å². The van der Waals surface area contributed by atoms with Crippen LogP contribution in [0.4, 0.5) is 0 Å². The van der Waals surface area contributed by atoms with Gasteiger partial charge in [0.05, 0.1) is 24.9 Å². The van der Waals surface area contributed by atoms with Crippen LogP contribution in [0.5, 0.6) is 5.75 Å². The number of pyridine rings is 1. The van der Waals surface area contributed by atoms with E-state index in [0.29, 0.717) is 17.5 Å². The van der Waals surface area contributed by atoms with E-state index in [4.69, 9.17) is 15.0 Å². The number of ether oxygens (including phenoxy) is 1. The minimum atomic E-state index is -0.194. The van der Waals surface area contributed by atoms with Gasteiger partial charge in [0, 0.05) is 6.20 Å². The van der Waals surface area contributed by atoms with Crippen molar-refractivity contribution in [2.24, 2.45) is 5.73 Å². The zero-order valence-corrected chi connectivity index (χ0v) is 10.5.